The zero-order chi connectivity index (χ0) is 15.6. The molecule has 3 N–H and O–H groups in total. The average molecular weight is 299 g/mol. The molecule has 0 aliphatic carbocycles. The van der Waals surface area contributed by atoms with E-state index >= 15 is 0 Å². The first kappa shape index (κ1) is 15.6. The van der Waals surface area contributed by atoms with Crippen LogP contribution < -0.4 is 5.73 Å². The van der Waals surface area contributed by atoms with Crippen LogP contribution in [0.25, 0.3) is 0 Å². The highest BCUT2D eigenvalue weighted by atomic mass is 16.5. The predicted molar refractivity (Wildman–Crippen MR) is 72.5 cm³/mol. The maximum atomic E-state index is 12.3. The Bertz CT molecular complexity index is 447. The van der Waals surface area contributed by atoms with Gasteiger partial charge in [-0.05, 0) is 19.8 Å². The number of piperidine rings is 1. The third-order valence-electron chi connectivity index (χ3n) is 3.96. The quantitative estimate of drug-likeness (QED) is 0.725. The Morgan fingerprint density at radius 2 is 2.00 bits per heavy atom. The van der Waals surface area contributed by atoms with Crippen LogP contribution in [0.15, 0.2) is 0 Å². The number of carbonyl (C=O) groups excluding carboxylic acids is 2. The van der Waals surface area contributed by atoms with Crippen LogP contribution in [-0.2, 0) is 14.3 Å². The molecule has 0 aromatic heterocycles. The van der Waals surface area contributed by atoms with Gasteiger partial charge in [-0.25, -0.2) is 9.59 Å². The molecule has 2 rings (SSSR count). The van der Waals surface area contributed by atoms with Crippen molar-refractivity contribution in [2.24, 2.45) is 11.7 Å². The van der Waals surface area contributed by atoms with Gasteiger partial charge in [-0.3, -0.25) is 4.79 Å². The Kier molecular flexibility index (Phi) is 4.36. The first-order chi connectivity index (χ1) is 9.81. The molecule has 3 amide bonds. The van der Waals surface area contributed by atoms with Gasteiger partial charge in [0.2, 0.25) is 5.91 Å². The van der Waals surface area contributed by atoms with E-state index in [4.69, 9.17) is 15.6 Å². The summed E-state index contributed by atoms with van der Waals surface area (Å²) in [4.78, 5) is 37.3. The van der Waals surface area contributed by atoms with Crippen molar-refractivity contribution in [3.05, 3.63) is 0 Å². The third kappa shape index (κ3) is 3.63. The molecule has 21 heavy (non-hydrogen) atoms. The number of ether oxygens (including phenoxy) is 1. The smallest absolute Gasteiger partial charge is 0.329 e. The van der Waals surface area contributed by atoms with Gasteiger partial charge in [0.1, 0.15) is 12.2 Å². The molecule has 2 aliphatic heterocycles. The molecule has 8 heteroatoms. The largest absolute Gasteiger partial charge is 0.480 e. The van der Waals surface area contributed by atoms with Crippen molar-refractivity contribution < 1.29 is 24.2 Å². The van der Waals surface area contributed by atoms with Crippen molar-refractivity contribution in [1.82, 2.24) is 9.80 Å². The Labute approximate surface area is 122 Å². The number of carboxylic acid groups (broad SMARTS) is 1. The summed E-state index contributed by atoms with van der Waals surface area (Å²) >= 11 is 0. The van der Waals surface area contributed by atoms with Gasteiger partial charge in [0.05, 0.1) is 19.0 Å². The number of rotatable bonds is 4. The van der Waals surface area contributed by atoms with Crippen molar-refractivity contribution >= 4 is 17.9 Å². The minimum absolute atomic E-state index is 0.141. The average Bonchev–Trinajstić information content (AvgIpc) is 2.41. The number of hydrogen-bond donors (Lipinski definition) is 2. The topological polar surface area (TPSA) is 113 Å². The number of carbonyl (C=O) groups is 3. The molecule has 0 aromatic rings. The first-order valence-electron chi connectivity index (χ1n) is 7.00. The van der Waals surface area contributed by atoms with Gasteiger partial charge < -0.3 is 25.4 Å². The molecule has 2 aliphatic rings. The molecule has 0 bridgehead atoms. The van der Waals surface area contributed by atoms with Crippen molar-refractivity contribution in [3.8, 4) is 0 Å². The summed E-state index contributed by atoms with van der Waals surface area (Å²) in [6, 6.07) is -0.141. The minimum Gasteiger partial charge on any atom is -0.480 e. The molecular weight excluding hydrogens is 278 g/mol. The van der Waals surface area contributed by atoms with Crippen LogP contribution in [0.5, 0.6) is 0 Å². The lowest BCUT2D eigenvalue weighted by Gasteiger charge is -2.49. The predicted octanol–water partition coefficient (Wildman–Crippen LogP) is -0.521. The van der Waals surface area contributed by atoms with Gasteiger partial charge in [0.15, 0.2) is 0 Å². The van der Waals surface area contributed by atoms with Crippen molar-refractivity contribution in [1.29, 1.82) is 0 Å². The molecule has 1 unspecified atom stereocenters. The highest BCUT2D eigenvalue weighted by molar-refractivity contribution is 5.80. The molecule has 0 spiro atoms. The number of aliphatic carboxylic acids is 1. The fourth-order valence-electron chi connectivity index (χ4n) is 2.81. The summed E-state index contributed by atoms with van der Waals surface area (Å²) in [6.45, 7) is 3.10. The molecule has 0 aromatic carbocycles. The first-order valence-corrected chi connectivity index (χ1v) is 7.00. The molecular formula is C13H21N3O5. The monoisotopic (exact) mass is 299 g/mol. The number of urea groups is 1. The summed E-state index contributed by atoms with van der Waals surface area (Å²) in [5.41, 5.74) is 4.69. The third-order valence-corrected chi connectivity index (χ3v) is 3.96. The maximum absolute atomic E-state index is 12.3. The molecule has 0 radical (unpaired) electrons. The van der Waals surface area contributed by atoms with Crippen LogP contribution >= 0.6 is 0 Å². The second kappa shape index (κ2) is 5.88. The molecule has 118 valence electrons. The highest BCUT2D eigenvalue weighted by Crippen LogP contribution is 2.27. The number of carboxylic acids is 1. The number of nitrogens with zero attached hydrogens (tertiary/aromatic N) is 2. The lowest BCUT2D eigenvalue weighted by Crippen LogP contribution is -2.66. The van der Waals surface area contributed by atoms with E-state index in [9.17, 15) is 14.4 Å². The SMILES string of the molecule is CC1(OCC(=O)O)CN(C(=O)N2CCCC(C(N)=O)C2)C1. The fourth-order valence-corrected chi connectivity index (χ4v) is 2.81. The molecule has 0 saturated carbocycles. The van der Waals surface area contributed by atoms with Crippen LogP contribution in [0, 0.1) is 5.92 Å². The fraction of sp³-hybridized carbons (Fsp3) is 0.769. The van der Waals surface area contributed by atoms with Crippen molar-refractivity contribution in [2.45, 2.75) is 25.4 Å². The zero-order valence-electron chi connectivity index (χ0n) is 12.1. The standard InChI is InChI=1S/C13H21N3O5/c1-13(21-6-10(17)18)7-16(8-13)12(20)15-4-2-3-9(5-15)11(14)19/h9H,2-8H2,1H3,(H2,14,19)(H,17,18). The van der Waals surface area contributed by atoms with Crippen molar-refractivity contribution in [3.63, 3.8) is 0 Å². The van der Waals surface area contributed by atoms with Gasteiger partial charge in [-0.1, -0.05) is 0 Å². The number of hydrogen-bond acceptors (Lipinski definition) is 4. The second-order valence-electron chi connectivity index (χ2n) is 5.96. The highest BCUT2D eigenvalue weighted by Gasteiger charge is 2.44. The van der Waals surface area contributed by atoms with Crippen LogP contribution in [0.2, 0.25) is 0 Å². The van der Waals surface area contributed by atoms with Crippen LogP contribution in [-0.4, -0.2) is 71.2 Å². The maximum Gasteiger partial charge on any atom is 0.329 e. The van der Waals surface area contributed by atoms with Gasteiger partial charge >= 0.3 is 12.0 Å². The summed E-state index contributed by atoms with van der Waals surface area (Å²) in [6.07, 6.45) is 1.48. The molecule has 1 atom stereocenters. The Morgan fingerprint density at radius 1 is 1.33 bits per heavy atom. The zero-order valence-corrected chi connectivity index (χ0v) is 12.1. The number of nitrogens with two attached hydrogens (primary N) is 1. The number of primary amides is 1. The van der Waals surface area contributed by atoms with E-state index in [0.717, 1.165) is 12.8 Å². The minimum atomic E-state index is -1.03. The number of likely N-dealkylation sites (tertiary alicyclic amines) is 2. The molecule has 2 saturated heterocycles. The Hall–Kier alpha value is -1.83. The molecule has 2 heterocycles. The summed E-state index contributed by atoms with van der Waals surface area (Å²) in [7, 11) is 0. The van der Waals surface area contributed by atoms with Crippen LogP contribution in [0.4, 0.5) is 4.79 Å². The lowest BCUT2D eigenvalue weighted by molar-refractivity contribution is -0.160. The van der Waals surface area contributed by atoms with E-state index in [1.165, 1.54) is 0 Å². The van der Waals surface area contributed by atoms with Crippen molar-refractivity contribution in [2.75, 3.05) is 32.8 Å². The summed E-state index contributed by atoms with van der Waals surface area (Å²) in [5, 5.41) is 8.60. The van der Waals surface area contributed by atoms with Crippen LogP contribution in [0.3, 0.4) is 0 Å². The van der Waals surface area contributed by atoms with Gasteiger partial charge in [-0.15, -0.1) is 0 Å². The lowest BCUT2D eigenvalue weighted by atomic mass is 9.95. The van der Waals surface area contributed by atoms with E-state index in [-0.39, 0.29) is 24.5 Å². The van der Waals surface area contributed by atoms with E-state index in [0.29, 0.717) is 26.2 Å². The molecule has 2 fully saturated rings. The van der Waals surface area contributed by atoms with E-state index in [2.05, 4.69) is 0 Å². The number of amides is 3. The van der Waals surface area contributed by atoms with E-state index in [1.807, 2.05) is 0 Å². The van der Waals surface area contributed by atoms with E-state index in [1.54, 1.807) is 16.7 Å². The van der Waals surface area contributed by atoms with Crippen LogP contribution in [0.1, 0.15) is 19.8 Å². The summed E-state index contributed by atoms with van der Waals surface area (Å²) in [5.74, 6) is -1.68. The van der Waals surface area contributed by atoms with Gasteiger partial charge in [0.25, 0.3) is 0 Å². The molecule has 8 nitrogen and oxygen atoms in total. The van der Waals surface area contributed by atoms with E-state index < -0.39 is 11.6 Å². The second-order valence-corrected chi connectivity index (χ2v) is 5.96. The van der Waals surface area contributed by atoms with Gasteiger partial charge in [0, 0.05) is 13.1 Å². The Morgan fingerprint density at radius 3 is 2.57 bits per heavy atom. The Balaban J connectivity index is 1.83. The van der Waals surface area contributed by atoms with Gasteiger partial charge in [-0.2, -0.15) is 0 Å². The normalized spacial score (nSPS) is 24.3. The summed E-state index contributed by atoms with van der Waals surface area (Å²) < 4.78 is 5.27.